The number of rotatable bonds is 3. The monoisotopic (exact) mass is 277 g/mol. The number of aromatic nitrogens is 2. The van der Waals surface area contributed by atoms with Crippen molar-refractivity contribution in [3.05, 3.63) is 46.7 Å². The van der Waals surface area contributed by atoms with Crippen molar-refractivity contribution in [2.45, 2.75) is 39.8 Å². The van der Waals surface area contributed by atoms with E-state index in [2.05, 4.69) is 38.1 Å². The first-order valence-electron chi connectivity index (χ1n) is 6.41. The Balaban J connectivity index is 2.23. The van der Waals surface area contributed by atoms with E-state index in [1.54, 1.807) is 0 Å². The average molecular weight is 278 g/mol. The van der Waals surface area contributed by atoms with Gasteiger partial charge in [-0.3, -0.25) is 0 Å². The summed E-state index contributed by atoms with van der Waals surface area (Å²) in [6.07, 6.45) is 1.91. The summed E-state index contributed by atoms with van der Waals surface area (Å²) in [6.45, 7) is 9.36. The molecule has 0 bridgehead atoms. The molecule has 0 aliphatic heterocycles. The van der Waals surface area contributed by atoms with E-state index < -0.39 is 0 Å². The molecule has 0 saturated carbocycles. The number of hydrogen-bond acceptors (Lipinski definition) is 2. The average Bonchev–Trinajstić information content (AvgIpc) is 2.67. The summed E-state index contributed by atoms with van der Waals surface area (Å²) in [5.41, 5.74) is 3.44. The maximum atomic E-state index is 6.02. The van der Waals surface area contributed by atoms with Crippen molar-refractivity contribution in [1.29, 1.82) is 0 Å². The van der Waals surface area contributed by atoms with Gasteiger partial charge in [0.25, 0.3) is 0 Å². The van der Waals surface area contributed by atoms with E-state index in [0.717, 1.165) is 22.9 Å². The number of hydrogen-bond donors (Lipinski definition) is 1. The van der Waals surface area contributed by atoms with Crippen LogP contribution in [0.15, 0.2) is 30.5 Å². The van der Waals surface area contributed by atoms with Crippen molar-refractivity contribution >= 4 is 11.6 Å². The van der Waals surface area contributed by atoms with E-state index in [1.165, 1.54) is 5.56 Å². The van der Waals surface area contributed by atoms with Crippen LogP contribution in [0, 0.1) is 6.92 Å². The molecule has 0 aliphatic carbocycles. The Morgan fingerprint density at radius 1 is 1.32 bits per heavy atom. The topological polar surface area (TPSA) is 29.9 Å². The van der Waals surface area contributed by atoms with Gasteiger partial charge in [-0.05, 0) is 45.9 Å². The Bertz CT molecular complexity index is 567. The summed E-state index contributed by atoms with van der Waals surface area (Å²) < 4.78 is 1.92. The molecule has 0 radical (unpaired) electrons. The first kappa shape index (κ1) is 14.1. The molecule has 0 unspecified atom stereocenters. The first-order chi connectivity index (χ1) is 8.87. The molecule has 1 aromatic carbocycles. The molecule has 0 aliphatic rings. The Hall–Kier alpha value is -1.32. The highest BCUT2D eigenvalue weighted by Crippen LogP contribution is 2.18. The Kier molecular flexibility index (Phi) is 3.97. The Labute approximate surface area is 119 Å². The molecule has 0 spiro atoms. The lowest BCUT2D eigenvalue weighted by atomic mass is 10.1. The van der Waals surface area contributed by atoms with E-state index in [-0.39, 0.29) is 5.54 Å². The third-order valence-electron chi connectivity index (χ3n) is 2.97. The van der Waals surface area contributed by atoms with E-state index in [1.807, 2.05) is 35.1 Å². The predicted octanol–water partition coefficient (Wildman–Crippen LogP) is 3.72. The molecule has 0 saturated heterocycles. The van der Waals surface area contributed by atoms with Gasteiger partial charge in [-0.25, -0.2) is 4.68 Å². The molecule has 1 aromatic heterocycles. The fourth-order valence-corrected chi connectivity index (χ4v) is 2.03. The molecule has 3 nitrogen and oxygen atoms in total. The number of halogens is 1. The zero-order valence-electron chi connectivity index (χ0n) is 11.9. The van der Waals surface area contributed by atoms with Gasteiger partial charge in [0.2, 0.25) is 0 Å². The molecule has 0 atom stereocenters. The van der Waals surface area contributed by atoms with E-state index in [9.17, 15) is 0 Å². The standard InChI is InChI=1S/C15H20ClN3/c1-11-12(9-17-15(2,3)4)10-18-19(11)14-7-5-6-13(16)8-14/h5-8,10,17H,9H2,1-4H3. The van der Waals surface area contributed by atoms with Crippen LogP contribution in [-0.4, -0.2) is 15.3 Å². The number of nitrogens with zero attached hydrogens (tertiary/aromatic N) is 2. The number of benzene rings is 1. The van der Waals surface area contributed by atoms with Gasteiger partial charge in [0, 0.05) is 28.4 Å². The minimum Gasteiger partial charge on any atom is -0.308 e. The predicted molar refractivity (Wildman–Crippen MR) is 79.9 cm³/mol. The molecular formula is C15H20ClN3. The van der Waals surface area contributed by atoms with Gasteiger partial charge in [0.1, 0.15) is 0 Å². The number of nitrogens with one attached hydrogen (secondary N) is 1. The molecule has 1 heterocycles. The van der Waals surface area contributed by atoms with Crippen LogP contribution in [0.3, 0.4) is 0 Å². The second-order valence-electron chi connectivity index (χ2n) is 5.75. The minimum atomic E-state index is 0.102. The van der Waals surface area contributed by atoms with Crippen LogP contribution >= 0.6 is 11.6 Å². The van der Waals surface area contributed by atoms with E-state index >= 15 is 0 Å². The molecule has 102 valence electrons. The van der Waals surface area contributed by atoms with Gasteiger partial charge < -0.3 is 5.32 Å². The van der Waals surface area contributed by atoms with Crippen LogP contribution in [0.25, 0.3) is 5.69 Å². The second kappa shape index (κ2) is 5.35. The van der Waals surface area contributed by atoms with Crippen LogP contribution < -0.4 is 5.32 Å². The summed E-state index contributed by atoms with van der Waals surface area (Å²) in [5.74, 6) is 0. The van der Waals surface area contributed by atoms with E-state index in [0.29, 0.717) is 0 Å². The quantitative estimate of drug-likeness (QED) is 0.927. The summed E-state index contributed by atoms with van der Waals surface area (Å²) in [4.78, 5) is 0. The van der Waals surface area contributed by atoms with Gasteiger partial charge in [-0.2, -0.15) is 5.10 Å². The smallest absolute Gasteiger partial charge is 0.0663 e. The lowest BCUT2D eigenvalue weighted by Gasteiger charge is -2.20. The van der Waals surface area contributed by atoms with Crippen LogP contribution in [0.4, 0.5) is 0 Å². The Morgan fingerprint density at radius 3 is 2.68 bits per heavy atom. The summed E-state index contributed by atoms with van der Waals surface area (Å²) in [6, 6.07) is 7.73. The summed E-state index contributed by atoms with van der Waals surface area (Å²) in [7, 11) is 0. The first-order valence-corrected chi connectivity index (χ1v) is 6.79. The van der Waals surface area contributed by atoms with Crippen LogP contribution in [-0.2, 0) is 6.54 Å². The normalized spacial score (nSPS) is 11.8. The highest BCUT2D eigenvalue weighted by Gasteiger charge is 2.12. The lowest BCUT2D eigenvalue weighted by molar-refractivity contribution is 0.424. The molecule has 2 rings (SSSR count). The van der Waals surface area contributed by atoms with Crippen molar-refractivity contribution in [3.8, 4) is 5.69 Å². The highest BCUT2D eigenvalue weighted by atomic mass is 35.5. The van der Waals surface area contributed by atoms with Crippen LogP contribution in [0.1, 0.15) is 32.0 Å². The zero-order valence-corrected chi connectivity index (χ0v) is 12.6. The van der Waals surface area contributed by atoms with E-state index in [4.69, 9.17) is 11.6 Å². The van der Waals surface area contributed by atoms with Gasteiger partial charge >= 0.3 is 0 Å². The third kappa shape index (κ3) is 3.58. The van der Waals surface area contributed by atoms with Crippen molar-refractivity contribution in [2.24, 2.45) is 0 Å². The summed E-state index contributed by atoms with van der Waals surface area (Å²) in [5, 5.41) is 8.65. The molecule has 0 amide bonds. The van der Waals surface area contributed by atoms with Crippen LogP contribution in [0.2, 0.25) is 5.02 Å². The summed E-state index contributed by atoms with van der Waals surface area (Å²) >= 11 is 6.02. The van der Waals surface area contributed by atoms with Crippen molar-refractivity contribution in [1.82, 2.24) is 15.1 Å². The zero-order chi connectivity index (χ0) is 14.0. The largest absolute Gasteiger partial charge is 0.308 e. The molecule has 4 heteroatoms. The lowest BCUT2D eigenvalue weighted by Crippen LogP contribution is -2.35. The third-order valence-corrected chi connectivity index (χ3v) is 3.21. The van der Waals surface area contributed by atoms with Gasteiger partial charge in [-0.15, -0.1) is 0 Å². The fourth-order valence-electron chi connectivity index (χ4n) is 1.85. The van der Waals surface area contributed by atoms with Crippen LogP contribution in [0.5, 0.6) is 0 Å². The SMILES string of the molecule is Cc1c(CNC(C)(C)C)cnn1-c1cccc(Cl)c1. The highest BCUT2D eigenvalue weighted by molar-refractivity contribution is 6.30. The molecule has 19 heavy (non-hydrogen) atoms. The van der Waals surface area contributed by atoms with Gasteiger partial charge in [-0.1, -0.05) is 17.7 Å². The van der Waals surface area contributed by atoms with Gasteiger partial charge in [0.15, 0.2) is 0 Å². The van der Waals surface area contributed by atoms with Crippen molar-refractivity contribution in [3.63, 3.8) is 0 Å². The molecule has 2 aromatic rings. The minimum absolute atomic E-state index is 0.102. The van der Waals surface area contributed by atoms with Crippen molar-refractivity contribution in [2.75, 3.05) is 0 Å². The molecular weight excluding hydrogens is 258 g/mol. The molecule has 1 N–H and O–H groups in total. The maximum Gasteiger partial charge on any atom is 0.0663 e. The second-order valence-corrected chi connectivity index (χ2v) is 6.19. The van der Waals surface area contributed by atoms with Crippen molar-refractivity contribution < 1.29 is 0 Å². The maximum absolute atomic E-state index is 6.02. The Morgan fingerprint density at radius 2 is 2.05 bits per heavy atom. The molecule has 0 fully saturated rings. The van der Waals surface area contributed by atoms with Gasteiger partial charge in [0.05, 0.1) is 11.9 Å². The fraction of sp³-hybridized carbons (Fsp3) is 0.400.